The molecule has 0 heterocycles. The molecule has 27 heavy (non-hydrogen) atoms. The molecule has 0 aliphatic heterocycles. The second-order valence-corrected chi connectivity index (χ2v) is 7.09. The second-order valence-electron chi connectivity index (χ2n) is 6.11. The van der Waals surface area contributed by atoms with Crippen molar-refractivity contribution in [1.82, 2.24) is 0 Å². The number of amides is 1. The Morgan fingerprint density at radius 3 is 2.26 bits per heavy atom. The van der Waals surface area contributed by atoms with Crippen molar-refractivity contribution in [3.05, 3.63) is 102 Å². The average Bonchev–Trinajstić information content (AvgIpc) is 2.73. The molecule has 0 unspecified atom stereocenters. The fraction of sp³-hybridized carbons (Fsp3) is 0.130. The lowest BCUT2D eigenvalue weighted by Crippen LogP contribution is -2.31. The number of para-hydroxylation sites is 1. The van der Waals surface area contributed by atoms with Gasteiger partial charge in [0, 0.05) is 11.4 Å². The Morgan fingerprint density at radius 2 is 1.56 bits per heavy atom. The largest absolute Gasteiger partial charge is 0.307 e. The van der Waals surface area contributed by atoms with Crippen LogP contribution >= 0.6 is 11.8 Å². The van der Waals surface area contributed by atoms with Gasteiger partial charge < -0.3 is 4.90 Å². The SMILES string of the molecule is N#Cc1cccc(CSCC(=O)N(Cc2ccccc2)c2ccccc2)c1. The van der Waals surface area contributed by atoms with E-state index in [-0.39, 0.29) is 5.91 Å². The Morgan fingerprint density at radius 1 is 0.889 bits per heavy atom. The van der Waals surface area contributed by atoms with Gasteiger partial charge in [0.2, 0.25) is 5.91 Å². The Bertz CT molecular complexity index is 920. The van der Waals surface area contributed by atoms with Gasteiger partial charge in [-0.1, -0.05) is 60.7 Å². The van der Waals surface area contributed by atoms with Crippen LogP contribution in [0.1, 0.15) is 16.7 Å². The van der Waals surface area contributed by atoms with Gasteiger partial charge in [-0.05, 0) is 35.4 Å². The van der Waals surface area contributed by atoms with Gasteiger partial charge in [-0.2, -0.15) is 5.26 Å². The van der Waals surface area contributed by atoms with E-state index in [9.17, 15) is 4.79 Å². The molecule has 4 heteroatoms. The van der Waals surface area contributed by atoms with Gasteiger partial charge in [-0.3, -0.25) is 4.79 Å². The van der Waals surface area contributed by atoms with Crippen molar-refractivity contribution >= 4 is 23.4 Å². The molecule has 3 rings (SSSR count). The Balaban J connectivity index is 1.66. The molecule has 0 saturated carbocycles. The van der Waals surface area contributed by atoms with Crippen LogP contribution in [-0.2, 0) is 17.1 Å². The number of carbonyl (C=O) groups is 1. The highest BCUT2D eigenvalue weighted by molar-refractivity contribution is 7.99. The van der Waals surface area contributed by atoms with Crippen molar-refractivity contribution in [2.45, 2.75) is 12.3 Å². The number of benzene rings is 3. The first-order valence-electron chi connectivity index (χ1n) is 8.72. The number of hydrogen-bond acceptors (Lipinski definition) is 3. The van der Waals surface area contributed by atoms with E-state index in [0.29, 0.717) is 23.6 Å². The highest BCUT2D eigenvalue weighted by atomic mass is 32.2. The van der Waals surface area contributed by atoms with E-state index in [4.69, 9.17) is 5.26 Å². The first kappa shape index (κ1) is 18.8. The molecule has 0 aliphatic rings. The number of rotatable bonds is 7. The number of anilines is 1. The molecular formula is C23H20N2OS. The first-order chi connectivity index (χ1) is 13.3. The number of thioether (sulfide) groups is 1. The summed E-state index contributed by atoms with van der Waals surface area (Å²) < 4.78 is 0. The predicted octanol–water partition coefficient (Wildman–Crippen LogP) is 5.02. The topological polar surface area (TPSA) is 44.1 Å². The second kappa shape index (κ2) is 9.61. The molecule has 0 saturated heterocycles. The summed E-state index contributed by atoms with van der Waals surface area (Å²) in [5.74, 6) is 1.17. The summed E-state index contributed by atoms with van der Waals surface area (Å²) in [5, 5.41) is 9.00. The third-order valence-corrected chi connectivity index (χ3v) is 5.09. The zero-order valence-electron chi connectivity index (χ0n) is 14.9. The smallest absolute Gasteiger partial charge is 0.237 e. The van der Waals surface area contributed by atoms with E-state index in [2.05, 4.69) is 6.07 Å². The molecule has 0 spiro atoms. The average molecular weight is 372 g/mol. The van der Waals surface area contributed by atoms with Crippen molar-refractivity contribution in [2.75, 3.05) is 10.7 Å². The maximum Gasteiger partial charge on any atom is 0.237 e. The minimum Gasteiger partial charge on any atom is -0.307 e. The van der Waals surface area contributed by atoms with Gasteiger partial charge in [0.1, 0.15) is 0 Å². The van der Waals surface area contributed by atoms with Crippen LogP contribution in [-0.4, -0.2) is 11.7 Å². The normalized spacial score (nSPS) is 10.2. The van der Waals surface area contributed by atoms with E-state index < -0.39 is 0 Å². The van der Waals surface area contributed by atoms with Crippen LogP contribution in [0.5, 0.6) is 0 Å². The highest BCUT2D eigenvalue weighted by Crippen LogP contribution is 2.20. The summed E-state index contributed by atoms with van der Waals surface area (Å²) in [7, 11) is 0. The number of nitriles is 1. The van der Waals surface area contributed by atoms with E-state index in [1.807, 2.05) is 83.8 Å². The third-order valence-electron chi connectivity index (χ3n) is 4.10. The minimum absolute atomic E-state index is 0.0755. The molecule has 3 aromatic carbocycles. The maximum atomic E-state index is 12.9. The molecule has 0 radical (unpaired) electrons. The molecule has 1 amide bonds. The van der Waals surface area contributed by atoms with Crippen LogP contribution in [0.25, 0.3) is 0 Å². The van der Waals surface area contributed by atoms with Crippen LogP contribution in [0.2, 0.25) is 0 Å². The van der Waals surface area contributed by atoms with Crippen molar-refractivity contribution in [3.63, 3.8) is 0 Å². The lowest BCUT2D eigenvalue weighted by molar-refractivity contribution is -0.116. The summed E-state index contributed by atoms with van der Waals surface area (Å²) in [6, 6.07) is 29.4. The van der Waals surface area contributed by atoms with Gasteiger partial charge in [0.15, 0.2) is 0 Å². The lowest BCUT2D eigenvalue weighted by atomic mass is 10.2. The van der Waals surface area contributed by atoms with Crippen LogP contribution in [0.15, 0.2) is 84.9 Å². The quantitative estimate of drug-likeness (QED) is 0.584. The van der Waals surface area contributed by atoms with Gasteiger partial charge in [0.05, 0.1) is 23.9 Å². The number of carbonyl (C=O) groups excluding carboxylic acids is 1. The van der Waals surface area contributed by atoms with Gasteiger partial charge in [-0.25, -0.2) is 0 Å². The standard InChI is InChI=1S/C23H20N2OS/c24-15-20-10-7-11-21(14-20)17-27-18-23(26)25(22-12-5-2-6-13-22)16-19-8-3-1-4-9-19/h1-14H,16-18H2. The molecule has 0 N–H and O–H groups in total. The fourth-order valence-corrected chi connectivity index (χ4v) is 3.61. The van der Waals surface area contributed by atoms with Crippen molar-refractivity contribution < 1.29 is 4.79 Å². The van der Waals surface area contributed by atoms with Gasteiger partial charge in [-0.15, -0.1) is 11.8 Å². The monoisotopic (exact) mass is 372 g/mol. The van der Waals surface area contributed by atoms with E-state index in [1.54, 1.807) is 17.8 Å². The molecule has 0 atom stereocenters. The summed E-state index contributed by atoms with van der Waals surface area (Å²) in [6.45, 7) is 0.550. The zero-order valence-corrected chi connectivity index (χ0v) is 15.7. The molecule has 3 aromatic rings. The van der Waals surface area contributed by atoms with E-state index in [1.165, 1.54) is 0 Å². The highest BCUT2D eigenvalue weighted by Gasteiger charge is 2.16. The molecular weight excluding hydrogens is 352 g/mol. The third kappa shape index (κ3) is 5.47. The van der Waals surface area contributed by atoms with Crippen LogP contribution in [0.4, 0.5) is 5.69 Å². The zero-order chi connectivity index (χ0) is 18.9. The number of nitrogens with zero attached hydrogens (tertiary/aromatic N) is 2. The van der Waals surface area contributed by atoms with Crippen LogP contribution in [0.3, 0.4) is 0 Å². The number of hydrogen-bond donors (Lipinski definition) is 0. The van der Waals surface area contributed by atoms with Crippen molar-refractivity contribution in [3.8, 4) is 6.07 Å². The summed E-state index contributed by atoms with van der Waals surface area (Å²) >= 11 is 1.57. The maximum absolute atomic E-state index is 12.9. The summed E-state index contributed by atoms with van der Waals surface area (Å²) in [4.78, 5) is 14.7. The van der Waals surface area contributed by atoms with Crippen molar-refractivity contribution in [1.29, 1.82) is 5.26 Å². The summed E-state index contributed by atoms with van der Waals surface area (Å²) in [5.41, 5.74) is 3.70. The van der Waals surface area contributed by atoms with Crippen molar-refractivity contribution in [2.24, 2.45) is 0 Å². The summed E-state index contributed by atoms with van der Waals surface area (Å²) in [6.07, 6.45) is 0. The predicted molar refractivity (Wildman–Crippen MR) is 111 cm³/mol. The molecule has 0 bridgehead atoms. The van der Waals surface area contributed by atoms with Gasteiger partial charge in [0.25, 0.3) is 0 Å². The fourth-order valence-electron chi connectivity index (χ4n) is 2.76. The van der Waals surface area contributed by atoms with E-state index >= 15 is 0 Å². The minimum atomic E-state index is 0.0755. The van der Waals surface area contributed by atoms with Crippen LogP contribution < -0.4 is 4.90 Å². The first-order valence-corrected chi connectivity index (χ1v) is 9.88. The molecule has 0 fully saturated rings. The Kier molecular flexibility index (Phi) is 6.67. The Hall–Kier alpha value is -3.03. The Labute approximate surface area is 164 Å². The lowest BCUT2D eigenvalue weighted by Gasteiger charge is -2.23. The van der Waals surface area contributed by atoms with E-state index in [0.717, 1.165) is 16.8 Å². The van der Waals surface area contributed by atoms with Crippen LogP contribution in [0, 0.1) is 11.3 Å². The molecule has 134 valence electrons. The molecule has 0 aromatic heterocycles. The molecule has 0 aliphatic carbocycles. The van der Waals surface area contributed by atoms with Gasteiger partial charge >= 0.3 is 0 Å². The molecule has 3 nitrogen and oxygen atoms in total.